The summed E-state index contributed by atoms with van der Waals surface area (Å²) in [7, 11) is 1.54. The fourth-order valence-corrected chi connectivity index (χ4v) is 2.48. The van der Waals surface area contributed by atoms with Gasteiger partial charge in [0.2, 0.25) is 5.88 Å². The third-order valence-electron chi connectivity index (χ3n) is 3.29. The Morgan fingerprint density at radius 2 is 2.22 bits per heavy atom. The summed E-state index contributed by atoms with van der Waals surface area (Å²) in [5, 5.41) is 12.3. The van der Waals surface area contributed by atoms with E-state index in [1.165, 1.54) is 13.4 Å². The normalized spacial score (nSPS) is 17.4. The molecule has 2 N–H and O–H groups in total. The molecule has 6 nitrogen and oxygen atoms in total. The molecule has 0 bridgehead atoms. The third-order valence-corrected chi connectivity index (χ3v) is 3.29. The summed E-state index contributed by atoms with van der Waals surface area (Å²) in [6.07, 6.45) is 5.31. The molecule has 18 heavy (non-hydrogen) atoms. The van der Waals surface area contributed by atoms with Gasteiger partial charge in [-0.1, -0.05) is 12.8 Å². The van der Waals surface area contributed by atoms with Crippen LogP contribution in [0.4, 0.5) is 5.82 Å². The third kappa shape index (κ3) is 2.88. The Labute approximate surface area is 105 Å². The number of rotatable bonds is 5. The van der Waals surface area contributed by atoms with E-state index in [0.717, 1.165) is 25.7 Å². The minimum Gasteiger partial charge on any atom is -0.481 e. The number of carbonyl (C=O) groups is 1. The van der Waals surface area contributed by atoms with Crippen molar-refractivity contribution in [1.82, 2.24) is 9.97 Å². The van der Waals surface area contributed by atoms with Crippen molar-refractivity contribution in [3.8, 4) is 5.88 Å². The Bertz CT molecular complexity index is 430. The molecule has 1 fully saturated rings. The molecule has 98 valence electrons. The van der Waals surface area contributed by atoms with Crippen LogP contribution in [0.1, 0.15) is 32.1 Å². The van der Waals surface area contributed by atoms with Crippen molar-refractivity contribution < 1.29 is 14.6 Å². The number of nitrogens with one attached hydrogen (secondary N) is 1. The molecule has 0 atom stereocenters. The topological polar surface area (TPSA) is 84.3 Å². The first-order valence-corrected chi connectivity index (χ1v) is 6.00. The van der Waals surface area contributed by atoms with Gasteiger partial charge in [0, 0.05) is 11.6 Å². The van der Waals surface area contributed by atoms with Crippen molar-refractivity contribution in [2.24, 2.45) is 0 Å². The molecule has 0 unspecified atom stereocenters. The first-order valence-electron chi connectivity index (χ1n) is 6.00. The number of ether oxygens (including phenoxy) is 1. The molecule has 1 aliphatic carbocycles. The van der Waals surface area contributed by atoms with Crippen LogP contribution >= 0.6 is 0 Å². The van der Waals surface area contributed by atoms with Crippen molar-refractivity contribution in [2.45, 2.75) is 37.6 Å². The first-order chi connectivity index (χ1) is 8.63. The number of carboxylic acid groups (broad SMARTS) is 1. The highest BCUT2D eigenvalue weighted by atomic mass is 16.5. The number of aliphatic carboxylic acids is 1. The zero-order valence-corrected chi connectivity index (χ0v) is 10.3. The molecule has 0 saturated heterocycles. The smallest absolute Gasteiger partial charge is 0.305 e. The molecule has 1 aromatic heterocycles. The van der Waals surface area contributed by atoms with Gasteiger partial charge in [-0.3, -0.25) is 4.79 Å². The summed E-state index contributed by atoms with van der Waals surface area (Å²) >= 11 is 0. The zero-order chi connectivity index (χ0) is 13.0. The lowest BCUT2D eigenvalue weighted by Gasteiger charge is -2.29. The van der Waals surface area contributed by atoms with Crippen LogP contribution in [0, 0.1) is 0 Å². The van der Waals surface area contributed by atoms with Gasteiger partial charge in [0.1, 0.15) is 12.1 Å². The van der Waals surface area contributed by atoms with Gasteiger partial charge in [-0.25, -0.2) is 9.97 Å². The minimum absolute atomic E-state index is 0.110. The predicted octanol–water partition coefficient (Wildman–Crippen LogP) is 1.68. The molecular formula is C12H17N3O3. The Kier molecular flexibility index (Phi) is 3.64. The first kappa shape index (κ1) is 12.6. The van der Waals surface area contributed by atoms with Crippen LogP contribution in [0.15, 0.2) is 12.4 Å². The molecule has 1 aromatic rings. The van der Waals surface area contributed by atoms with Crippen LogP contribution in [-0.4, -0.2) is 33.7 Å². The van der Waals surface area contributed by atoms with Gasteiger partial charge in [0.25, 0.3) is 0 Å². The monoisotopic (exact) mass is 251 g/mol. The van der Waals surface area contributed by atoms with Crippen LogP contribution < -0.4 is 10.1 Å². The quantitative estimate of drug-likeness (QED) is 0.828. The highest BCUT2D eigenvalue weighted by Crippen LogP contribution is 2.35. The van der Waals surface area contributed by atoms with E-state index in [1.807, 2.05) is 0 Å². The highest BCUT2D eigenvalue weighted by Gasteiger charge is 2.36. The number of methoxy groups -OCH3 is 1. The van der Waals surface area contributed by atoms with E-state index >= 15 is 0 Å². The van der Waals surface area contributed by atoms with Crippen molar-refractivity contribution in [1.29, 1.82) is 0 Å². The Hall–Kier alpha value is -1.85. The SMILES string of the molecule is COc1cc(NC2(CC(=O)O)CCCC2)ncn1. The maximum absolute atomic E-state index is 11.0. The summed E-state index contributed by atoms with van der Waals surface area (Å²) in [5.41, 5.74) is -0.384. The van der Waals surface area contributed by atoms with E-state index in [1.54, 1.807) is 6.07 Å². The number of carboxylic acids is 1. The molecule has 2 rings (SSSR count). The van der Waals surface area contributed by atoms with Gasteiger partial charge in [-0.15, -0.1) is 0 Å². The lowest BCUT2D eigenvalue weighted by molar-refractivity contribution is -0.138. The second kappa shape index (κ2) is 5.20. The predicted molar refractivity (Wildman–Crippen MR) is 65.7 cm³/mol. The standard InChI is InChI=1S/C12H17N3O3/c1-18-10-6-9(13-8-14-10)15-12(7-11(16)17)4-2-3-5-12/h6,8H,2-5,7H2,1H3,(H,16,17)(H,13,14,15). The van der Waals surface area contributed by atoms with Gasteiger partial charge < -0.3 is 15.2 Å². The van der Waals surface area contributed by atoms with Crippen LogP contribution in [0.3, 0.4) is 0 Å². The second-order valence-corrected chi connectivity index (χ2v) is 4.63. The van der Waals surface area contributed by atoms with Crippen molar-refractivity contribution in [2.75, 3.05) is 12.4 Å². The molecule has 0 aromatic carbocycles. The van der Waals surface area contributed by atoms with E-state index < -0.39 is 5.97 Å². The van der Waals surface area contributed by atoms with E-state index in [9.17, 15) is 4.79 Å². The molecule has 0 spiro atoms. The molecule has 6 heteroatoms. The molecule has 0 aliphatic heterocycles. The zero-order valence-electron chi connectivity index (χ0n) is 10.3. The van der Waals surface area contributed by atoms with Gasteiger partial charge >= 0.3 is 5.97 Å². The lowest BCUT2D eigenvalue weighted by atomic mass is 9.93. The van der Waals surface area contributed by atoms with Gasteiger partial charge in [0.15, 0.2) is 0 Å². The molecule has 0 amide bonds. The molecule has 0 radical (unpaired) electrons. The maximum atomic E-state index is 11.0. The van der Waals surface area contributed by atoms with Crippen LogP contribution in [0.25, 0.3) is 0 Å². The lowest BCUT2D eigenvalue weighted by Crippen LogP contribution is -2.37. The largest absolute Gasteiger partial charge is 0.481 e. The summed E-state index contributed by atoms with van der Waals surface area (Å²) < 4.78 is 5.03. The minimum atomic E-state index is -0.787. The highest BCUT2D eigenvalue weighted by molar-refractivity contribution is 5.69. The number of aromatic nitrogens is 2. The van der Waals surface area contributed by atoms with E-state index in [4.69, 9.17) is 9.84 Å². The second-order valence-electron chi connectivity index (χ2n) is 4.63. The number of hydrogen-bond acceptors (Lipinski definition) is 5. The molecular weight excluding hydrogens is 234 g/mol. The van der Waals surface area contributed by atoms with Crippen LogP contribution in [0.5, 0.6) is 5.88 Å². The Morgan fingerprint density at radius 3 is 2.83 bits per heavy atom. The molecule has 1 aliphatic rings. The molecule has 1 heterocycles. The molecule has 1 saturated carbocycles. The van der Waals surface area contributed by atoms with E-state index in [-0.39, 0.29) is 12.0 Å². The van der Waals surface area contributed by atoms with Gasteiger partial charge in [-0.2, -0.15) is 0 Å². The van der Waals surface area contributed by atoms with Crippen molar-refractivity contribution >= 4 is 11.8 Å². The number of anilines is 1. The van der Waals surface area contributed by atoms with Crippen LogP contribution in [0.2, 0.25) is 0 Å². The van der Waals surface area contributed by atoms with Gasteiger partial charge in [-0.05, 0) is 12.8 Å². The Morgan fingerprint density at radius 1 is 1.50 bits per heavy atom. The average molecular weight is 251 g/mol. The maximum Gasteiger partial charge on any atom is 0.305 e. The van der Waals surface area contributed by atoms with Crippen LogP contribution in [-0.2, 0) is 4.79 Å². The summed E-state index contributed by atoms with van der Waals surface area (Å²) in [5.74, 6) is 0.298. The fourth-order valence-electron chi connectivity index (χ4n) is 2.48. The average Bonchev–Trinajstić information content (AvgIpc) is 2.76. The number of hydrogen-bond donors (Lipinski definition) is 2. The van der Waals surface area contributed by atoms with Crippen molar-refractivity contribution in [3.05, 3.63) is 12.4 Å². The summed E-state index contributed by atoms with van der Waals surface area (Å²) in [4.78, 5) is 19.0. The van der Waals surface area contributed by atoms with E-state index in [2.05, 4.69) is 15.3 Å². The van der Waals surface area contributed by atoms with Gasteiger partial charge in [0.05, 0.1) is 13.5 Å². The van der Waals surface area contributed by atoms with Crippen molar-refractivity contribution in [3.63, 3.8) is 0 Å². The number of nitrogens with zero attached hydrogens (tertiary/aromatic N) is 2. The fraction of sp³-hybridized carbons (Fsp3) is 0.583. The summed E-state index contributed by atoms with van der Waals surface area (Å²) in [6.45, 7) is 0. The Balaban J connectivity index is 2.15. The summed E-state index contributed by atoms with van der Waals surface area (Å²) in [6, 6.07) is 1.68. The van der Waals surface area contributed by atoms with E-state index in [0.29, 0.717) is 11.7 Å².